The van der Waals surface area contributed by atoms with Crippen molar-refractivity contribution >= 4 is 40.6 Å². The van der Waals surface area contributed by atoms with Gasteiger partial charge in [-0.05, 0) is 37.1 Å². The van der Waals surface area contributed by atoms with Gasteiger partial charge in [-0.3, -0.25) is 4.79 Å². The quantitative estimate of drug-likeness (QED) is 0.635. The Balaban J connectivity index is 2.10. The molecule has 0 unspecified atom stereocenters. The summed E-state index contributed by atoms with van der Waals surface area (Å²) in [6.45, 7) is 1.53. The van der Waals surface area contributed by atoms with Gasteiger partial charge in [0.15, 0.2) is 14.5 Å². The summed E-state index contributed by atoms with van der Waals surface area (Å²) in [7, 11) is 0. The summed E-state index contributed by atoms with van der Waals surface area (Å²) < 4.78 is 1.80. The predicted octanol–water partition coefficient (Wildman–Crippen LogP) is 3.01. The molecule has 0 aliphatic carbocycles. The van der Waals surface area contributed by atoms with E-state index in [1.165, 1.54) is 30.0 Å². The first-order chi connectivity index (χ1) is 8.19. The molecule has 17 heavy (non-hydrogen) atoms. The molecule has 7 heteroatoms. The van der Waals surface area contributed by atoms with Crippen LogP contribution in [-0.4, -0.2) is 27.2 Å². The number of rotatable bonds is 4. The Hall–Kier alpha value is -0.920. The van der Waals surface area contributed by atoms with Gasteiger partial charge in [0.1, 0.15) is 5.03 Å². The van der Waals surface area contributed by atoms with Gasteiger partial charge in [-0.15, -0.1) is 10.2 Å². The Labute approximate surface area is 111 Å². The van der Waals surface area contributed by atoms with Crippen LogP contribution in [0, 0.1) is 0 Å². The zero-order valence-electron chi connectivity index (χ0n) is 9.21. The molecular formula is C10H9N3OS3. The second kappa shape index (κ2) is 5.61. The van der Waals surface area contributed by atoms with Crippen molar-refractivity contribution in [2.45, 2.75) is 20.6 Å². The fourth-order valence-corrected chi connectivity index (χ4v) is 3.38. The highest BCUT2D eigenvalue weighted by Gasteiger charge is 2.07. The number of Topliss-reactive ketones (excluding diaryl/α,β-unsaturated/α-hetero) is 1. The lowest BCUT2D eigenvalue weighted by molar-refractivity contribution is 0.101. The molecule has 0 atom stereocenters. The van der Waals surface area contributed by atoms with Gasteiger partial charge in [-0.1, -0.05) is 23.1 Å². The van der Waals surface area contributed by atoms with E-state index in [1.54, 1.807) is 24.0 Å². The maximum absolute atomic E-state index is 11.1. The molecule has 0 saturated heterocycles. The lowest BCUT2D eigenvalue weighted by Gasteiger charge is -1.97. The van der Waals surface area contributed by atoms with Gasteiger partial charge in [0.2, 0.25) is 0 Å². The summed E-state index contributed by atoms with van der Waals surface area (Å²) in [5, 5.41) is 8.87. The fraction of sp³-hybridized carbons (Fsp3) is 0.200. The highest BCUT2D eigenvalue weighted by Crippen LogP contribution is 2.31. The van der Waals surface area contributed by atoms with Crippen molar-refractivity contribution in [3.05, 3.63) is 23.9 Å². The predicted molar refractivity (Wildman–Crippen MR) is 70.1 cm³/mol. The lowest BCUT2D eigenvalue weighted by atomic mass is 10.2. The molecule has 0 fully saturated rings. The highest BCUT2D eigenvalue weighted by molar-refractivity contribution is 8.02. The topological polar surface area (TPSA) is 55.7 Å². The van der Waals surface area contributed by atoms with Crippen molar-refractivity contribution in [1.29, 1.82) is 0 Å². The van der Waals surface area contributed by atoms with Crippen LogP contribution in [0.15, 0.2) is 32.0 Å². The molecule has 88 valence electrons. The molecule has 0 aliphatic heterocycles. The number of pyridine rings is 1. The molecule has 4 nitrogen and oxygen atoms in total. The van der Waals surface area contributed by atoms with E-state index in [0.717, 1.165) is 13.7 Å². The fourth-order valence-electron chi connectivity index (χ4n) is 1.06. The molecule has 2 aromatic heterocycles. The molecule has 0 radical (unpaired) electrons. The van der Waals surface area contributed by atoms with Crippen molar-refractivity contribution in [3.8, 4) is 0 Å². The first-order valence-electron chi connectivity index (χ1n) is 4.71. The van der Waals surface area contributed by atoms with E-state index >= 15 is 0 Å². The summed E-state index contributed by atoms with van der Waals surface area (Å²) >= 11 is 4.56. The van der Waals surface area contributed by atoms with Gasteiger partial charge >= 0.3 is 0 Å². The van der Waals surface area contributed by atoms with Crippen LogP contribution >= 0.6 is 34.9 Å². The van der Waals surface area contributed by atoms with Gasteiger partial charge in [0.25, 0.3) is 0 Å². The summed E-state index contributed by atoms with van der Waals surface area (Å²) in [5.41, 5.74) is 0.622. The second-order valence-electron chi connectivity index (χ2n) is 3.08. The number of ketones is 1. The molecule has 0 N–H and O–H groups in total. The van der Waals surface area contributed by atoms with Gasteiger partial charge in [0, 0.05) is 11.8 Å². The molecule has 2 heterocycles. The second-order valence-corrected chi connectivity index (χ2v) is 6.38. The third kappa shape index (κ3) is 3.27. The molecule has 0 bridgehead atoms. The third-order valence-corrected chi connectivity index (χ3v) is 4.80. The monoisotopic (exact) mass is 283 g/mol. The van der Waals surface area contributed by atoms with E-state index in [2.05, 4.69) is 15.2 Å². The average Bonchev–Trinajstić information content (AvgIpc) is 2.77. The number of nitrogens with zero attached hydrogens (tertiary/aromatic N) is 3. The van der Waals surface area contributed by atoms with Crippen molar-refractivity contribution in [1.82, 2.24) is 15.2 Å². The molecule has 2 rings (SSSR count). The molecule has 0 spiro atoms. The van der Waals surface area contributed by atoms with E-state index in [9.17, 15) is 4.79 Å². The minimum Gasteiger partial charge on any atom is -0.294 e. The Bertz CT molecular complexity index is 524. The van der Waals surface area contributed by atoms with Gasteiger partial charge in [0.05, 0.1) is 0 Å². The van der Waals surface area contributed by atoms with E-state index in [0.29, 0.717) is 5.56 Å². The Morgan fingerprint density at radius 3 is 2.59 bits per heavy atom. The highest BCUT2D eigenvalue weighted by atomic mass is 32.2. The first kappa shape index (κ1) is 12.5. The molecule has 2 aromatic rings. The summed E-state index contributed by atoms with van der Waals surface area (Å²) in [6, 6.07) is 3.59. The Morgan fingerprint density at radius 2 is 2.06 bits per heavy atom. The van der Waals surface area contributed by atoms with Crippen LogP contribution in [0.1, 0.15) is 17.3 Å². The summed E-state index contributed by atoms with van der Waals surface area (Å²) in [6.07, 6.45) is 3.55. The standard InChI is InChI=1S/C10H9N3OS3/c1-6(14)7-3-4-8(11-5-7)16-10-13-12-9(15-2)17-10/h3-5H,1-2H3. The molecule has 0 aliphatic rings. The number of thioether (sulfide) groups is 1. The van der Waals surface area contributed by atoms with Crippen LogP contribution in [0.5, 0.6) is 0 Å². The normalized spacial score (nSPS) is 10.5. The smallest absolute Gasteiger partial charge is 0.181 e. The van der Waals surface area contributed by atoms with Crippen molar-refractivity contribution in [3.63, 3.8) is 0 Å². The molecule has 0 saturated carbocycles. The van der Waals surface area contributed by atoms with Crippen LogP contribution < -0.4 is 0 Å². The Kier molecular flexibility index (Phi) is 4.14. The van der Waals surface area contributed by atoms with Crippen LogP contribution in [0.25, 0.3) is 0 Å². The van der Waals surface area contributed by atoms with Crippen LogP contribution in [0.4, 0.5) is 0 Å². The summed E-state index contributed by atoms with van der Waals surface area (Å²) in [5.74, 6) is 0.0228. The van der Waals surface area contributed by atoms with E-state index in [-0.39, 0.29) is 5.78 Å². The van der Waals surface area contributed by atoms with Crippen molar-refractivity contribution in [2.24, 2.45) is 0 Å². The maximum atomic E-state index is 11.1. The van der Waals surface area contributed by atoms with Crippen LogP contribution in [-0.2, 0) is 0 Å². The Morgan fingerprint density at radius 1 is 1.29 bits per heavy atom. The van der Waals surface area contributed by atoms with Crippen molar-refractivity contribution in [2.75, 3.05) is 6.26 Å². The number of carbonyl (C=O) groups excluding carboxylic acids is 1. The maximum Gasteiger partial charge on any atom is 0.181 e. The van der Waals surface area contributed by atoms with E-state index in [1.807, 2.05) is 12.3 Å². The first-order valence-corrected chi connectivity index (χ1v) is 7.57. The van der Waals surface area contributed by atoms with Gasteiger partial charge in [-0.2, -0.15) is 0 Å². The van der Waals surface area contributed by atoms with Gasteiger partial charge in [-0.25, -0.2) is 4.98 Å². The van der Waals surface area contributed by atoms with Crippen molar-refractivity contribution < 1.29 is 4.79 Å². The minimum atomic E-state index is 0.0228. The summed E-state index contributed by atoms with van der Waals surface area (Å²) in [4.78, 5) is 15.3. The average molecular weight is 283 g/mol. The largest absolute Gasteiger partial charge is 0.294 e. The number of aromatic nitrogens is 3. The van der Waals surface area contributed by atoms with E-state index in [4.69, 9.17) is 0 Å². The minimum absolute atomic E-state index is 0.0228. The molecule has 0 aromatic carbocycles. The lowest BCUT2D eigenvalue weighted by Crippen LogP contribution is -1.92. The SMILES string of the molecule is CSc1nnc(Sc2ccc(C(C)=O)cn2)s1. The number of carbonyl (C=O) groups is 1. The van der Waals surface area contributed by atoms with Crippen LogP contribution in [0.2, 0.25) is 0 Å². The molecule has 0 amide bonds. The zero-order chi connectivity index (χ0) is 12.3. The third-order valence-electron chi connectivity index (χ3n) is 1.90. The van der Waals surface area contributed by atoms with E-state index < -0.39 is 0 Å². The van der Waals surface area contributed by atoms with Gasteiger partial charge < -0.3 is 0 Å². The van der Waals surface area contributed by atoms with Crippen LogP contribution in [0.3, 0.4) is 0 Å². The number of hydrogen-bond acceptors (Lipinski definition) is 7. The molecular weight excluding hydrogens is 274 g/mol. The number of hydrogen-bond donors (Lipinski definition) is 0. The zero-order valence-corrected chi connectivity index (χ0v) is 11.7.